The molecule has 0 bridgehead atoms. The van der Waals surface area contributed by atoms with Crippen LogP contribution in [0.4, 0.5) is 5.69 Å². The Hall–Kier alpha value is -2.03. The van der Waals surface area contributed by atoms with Gasteiger partial charge in [0.25, 0.3) is 0 Å². The van der Waals surface area contributed by atoms with Crippen molar-refractivity contribution in [2.24, 2.45) is 0 Å². The molecule has 0 aliphatic rings. The fourth-order valence-corrected chi connectivity index (χ4v) is 1.09. The summed E-state index contributed by atoms with van der Waals surface area (Å²) in [6.07, 6.45) is 6.87. The summed E-state index contributed by atoms with van der Waals surface area (Å²) in [6.45, 7) is 0. The fraction of sp³-hybridized carbons (Fsp3) is 0. The summed E-state index contributed by atoms with van der Waals surface area (Å²) in [7, 11) is 0. The predicted molar refractivity (Wildman–Crippen MR) is 56.3 cm³/mol. The molecule has 0 radical (unpaired) electrons. The number of anilines is 1. The summed E-state index contributed by atoms with van der Waals surface area (Å²) in [4.78, 5) is 3.81. The number of hydrogen-bond acceptors (Lipinski definition) is 3. The molecule has 0 spiro atoms. The maximum absolute atomic E-state index is 5.56. The van der Waals surface area contributed by atoms with Crippen LogP contribution >= 0.6 is 0 Å². The maximum Gasteiger partial charge on any atom is 0.181 e. The second kappa shape index (κ2) is 3.79. The van der Waals surface area contributed by atoms with Crippen LogP contribution in [-0.2, 0) is 0 Å². The lowest BCUT2D eigenvalue weighted by Crippen LogP contribution is -1.82. The summed E-state index contributed by atoms with van der Waals surface area (Å²) in [6, 6.07) is 7.62. The molecule has 0 atom stereocenters. The van der Waals surface area contributed by atoms with E-state index in [2.05, 4.69) is 4.98 Å². The molecular weight excluding hydrogens is 176 g/mol. The van der Waals surface area contributed by atoms with Gasteiger partial charge in [-0.2, -0.15) is 0 Å². The van der Waals surface area contributed by atoms with E-state index in [-0.39, 0.29) is 0 Å². The van der Waals surface area contributed by atoms with E-state index >= 15 is 0 Å². The van der Waals surface area contributed by atoms with Gasteiger partial charge >= 0.3 is 0 Å². The first-order valence-corrected chi connectivity index (χ1v) is 4.27. The number of oxazole rings is 1. The highest BCUT2D eigenvalue weighted by Crippen LogP contribution is 2.09. The van der Waals surface area contributed by atoms with Crippen LogP contribution in [0, 0.1) is 0 Å². The van der Waals surface area contributed by atoms with E-state index in [1.54, 1.807) is 6.20 Å². The van der Waals surface area contributed by atoms with Crippen LogP contribution in [0.25, 0.3) is 12.2 Å². The van der Waals surface area contributed by atoms with E-state index < -0.39 is 0 Å². The van der Waals surface area contributed by atoms with Gasteiger partial charge in [0.2, 0.25) is 0 Å². The molecule has 0 aliphatic heterocycles. The topological polar surface area (TPSA) is 52.0 Å². The first kappa shape index (κ1) is 8.56. The Kier molecular flexibility index (Phi) is 2.32. The molecule has 3 nitrogen and oxygen atoms in total. The normalized spacial score (nSPS) is 10.9. The molecule has 2 rings (SSSR count). The number of rotatable bonds is 2. The first-order chi connectivity index (χ1) is 6.84. The average Bonchev–Trinajstić information content (AvgIpc) is 2.70. The van der Waals surface area contributed by atoms with Crippen molar-refractivity contribution in [3.8, 4) is 0 Å². The minimum atomic E-state index is 0.738. The second-order valence-electron chi connectivity index (χ2n) is 2.90. The van der Waals surface area contributed by atoms with E-state index in [1.165, 1.54) is 6.39 Å². The Morgan fingerprint density at radius 2 is 1.93 bits per heavy atom. The molecule has 1 heterocycles. The van der Waals surface area contributed by atoms with Crippen LogP contribution in [0.3, 0.4) is 0 Å². The van der Waals surface area contributed by atoms with Crippen LogP contribution in [0.5, 0.6) is 0 Å². The van der Waals surface area contributed by atoms with Crippen LogP contribution in [0.1, 0.15) is 11.3 Å². The molecule has 0 fully saturated rings. The van der Waals surface area contributed by atoms with Gasteiger partial charge in [0.1, 0.15) is 5.76 Å². The summed E-state index contributed by atoms with van der Waals surface area (Å²) in [5, 5.41) is 0. The number of hydrogen-bond donors (Lipinski definition) is 1. The fourth-order valence-electron chi connectivity index (χ4n) is 1.09. The lowest BCUT2D eigenvalue weighted by Gasteiger charge is -1.93. The van der Waals surface area contributed by atoms with Crippen LogP contribution < -0.4 is 5.73 Å². The van der Waals surface area contributed by atoms with Crippen molar-refractivity contribution in [2.75, 3.05) is 5.73 Å². The van der Waals surface area contributed by atoms with E-state index in [9.17, 15) is 0 Å². The highest BCUT2D eigenvalue weighted by Gasteiger charge is 1.89. The zero-order valence-corrected chi connectivity index (χ0v) is 7.55. The second-order valence-corrected chi connectivity index (χ2v) is 2.90. The molecule has 0 saturated carbocycles. The van der Waals surface area contributed by atoms with Crippen molar-refractivity contribution in [3.05, 3.63) is 48.2 Å². The quantitative estimate of drug-likeness (QED) is 0.733. The Labute approximate surface area is 81.9 Å². The highest BCUT2D eigenvalue weighted by atomic mass is 16.3. The third-order valence-electron chi connectivity index (χ3n) is 1.83. The molecule has 1 aromatic carbocycles. The number of nitrogens with two attached hydrogens (primary N) is 1. The standard InChI is InChI=1S/C11H10N2O/c12-10-4-1-9(2-5-10)3-6-11-7-13-8-14-11/h1-8H,12H2/b6-3+. The number of benzene rings is 1. The van der Waals surface area contributed by atoms with Gasteiger partial charge in [-0.05, 0) is 23.8 Å². The number of aromatic nitrogens is 1. The SMILES string of the molecule is Nc1ccc(/C=C/c2cnco2)cc1. The first-order valence-electron chi connectivity index (χ1n) is 4.27. The van der Waals surface area contributed by atoms with E-state index in [1.807, 2.05) is 36.4 Å². The molecule has 2 aromatic rings. The van der Waals surface area contributed by atoms with Gasteiger partial charge in [-0.15, -0.1) is 0 Å². The lowest BCUT2D eigenvalue weighted by molar-refractivity contribution is 0.548. The van der Waals surface area contributed by atoms with Gasteiger partial charge in [0.05, 0.1) is 6.20 Å². The third kappa shape index (κ3) is 2.01. The molecule has 0 saturated heterocycles. The zero-order chi connectivity index (χ0) is 9.80. The van der Waals surface area contributed by atoms with E-state index in [4.69, 9.17) is 10.2 Å². The summed E-state index contributed by atoms with van der Waals surface area (Å²) >= 11 is 0. The van der Waals surface area contributed by atoms with E-state index in [0.717, 1.165) is 17.0 Å². The maximum atomic E-state index is 5.56. The van der Waals surface area contributed by atoms with Crippen molar-refractivity contribution in [1.29, 1.82) is 0 Å². The molecule has 14 heavy (non-hydrogen) atoms. The predicted octanol–water partition coefficient (Wildman–Crippen LogP) is 2.43. The van der Waals surface area contributed by atoms with Gasteiger partial charge < -0.3 is 10.2 Å². The summed E-state index contributed by atoms with van der Waals surface area (Å²) in [5.74, 6) is 0.738. The zero-order valence-electron chi connectivity index (χ0n) is 7.55. The van der Waals surface area contributed by atoms with Gasteiger partial charge in [0.15, 0.2) is 6.39 Å². The highest BCUT2D eigenvalue weighted by molar-refractivity contribution is 5.67. The van der Waals surface area contributed by atoms with Crippen molar-refractivity contribution < 1.29 is 4.42 Å². The van der Waals surface area contributed by atoms with E-state index in [0.29, 0.717) is 0 Å². The number of nitrogens with zero attached hydrogens (tertiary/aromatic N) is 1. The largest absolute Gasteiger partial charge is 0.444 e. The average molecular weight is 186 g/mol. The molecule has 0 aliphatic carbocycles. The minimum absolute atomic E-state index is 0.738. The molecule has 2 N–H and O–H groups in total. The lowest BCUT2D eigenvalue weighted by atomic mass is 10.2. The Morgan fingerprint density at radius 3 is 2.57 bits per heavy atom. The molecule has 1 aromatic heterocycles. The van der Waals surface area contributed by atoms with Crippen molar-refractivity contribution >= 4 is 17.8 Å². The van der Waals surface area contributed by atoms with Crippen LogP contribution in [-0.4, -0.2) is 4.98 Å². The molecule has 3 heteroatoms. The summed E-state index contributed by atoms with van der Waals surface area (Å²) < 4.78 is 5.06. The summed E-state index contributed by atoms with van der Waals surface area (Å²) in [5.41, 5.74) is 7.41. The smallest absolute Gasteiger partial charge is 0.181 e. The van der Waals surface area contributed by atoms with Crippen LogP contribution in [0.2, 0.25) is 0 Å². The molecule has 70 valence electrons. The van der Waals surface area contributed by atoms with Gasteiger partial charge in [-0.25, -0.2) is 4.98 Å². The third-order valence-corrected chi connectivity index (χ3v) is 1.83. The minimum Gasteiger partial charge on any atom is -0.444 e. The van der Waals surface area contributed by atoms with Crippen molar-refractivity contribution in [2.45, 2.75) is 0 Å². The Bertz CT molecular complexity index is 415. The van der Waals surface area contributed by atoms with Gasteiger partial charge in [0, 0.05) is 5.69 Å². The molecular formula is C11H10N2O. The molecule has 0 amide bonds. The Balaban J connectivity index is 2.15. The Morgan fingerprint density at radius 1 is 1.14 bits per heavy atom. The monoisotopic (exact) mass is 186 g/mol. The van der Waals surface area contributed by atoms with Gasteiger partial charge in [-0.1, -0.05) is 18.2 Å². The number of nitrogen functional groups attached to an aromatic ring is 1. The van der Waals surface area contributed by atoms with Crippen molar-refractivity contribution in [3.63, 3.8) is 0 Å². The van der Waals surface area contributed by atoms with Crippen LogP contribution in [0.15, 0.2) is 41.3 Å². The van der Waals surface area contributed by atoms with Gasteiger partial charge in [-0.3, -0.25) is 0 Å². The molecule has 0 unspecified atom stereocenters. The van der Waals surface area contributed by atoms with Crippen molar-refractivity contribution in [1.82, 2.24) is 4.98 Å².